The van der Waals surface area contributed by atoms with Crippen molar-refractivity contribution in [3.8, 4) is 5.75 Å². The minimum atomic E-state index is -0.430. The van der Waals surface area contributed by atoms with Gasteiger partial charge in [-0.2, -0.15) is 0 Å². The van der Waals surface area contributed by atoms with E-state index in [4.69, 9.17) is 0 Å². The van der Waals surface area contributed by atoms with Crippen LogP contribution >= 0.6 is 0 Å². The van der Waals surface area contributed by atoms with Crippen LogP contribution in [0.15, 0.2) is 18.2 Å². The van der Waals surface area contributed by atoms with E-state index in [1.807, 2.05) is 6.07 Å². The maximum atomic E-state index is 12.0. The average Bonchev–Trinajstić information content (AvgIpc) is 2.77. The Kier molecular flexibility index (Phi) is 1.61. The van der Waals surface area contributed by atoms with Crippen molar-refractivity contribution in [1.29, 1.82) is 0 Å². The number of amides is 1. The largest absolute Gasteiger partial charge is 0.508 e. The predicted octanol–water partition coefficient (Wildman–Crippen LogP) is 2.16. The molecule has 2 N–H and O–H groups in total. The van der Waals surface area contributed by atoms with Gasteiger partial charge in [-0.25, -0.2) is 0 Å². The quantitative estimate of drug-likeness (QED) is 0.678. The fourth-order valence-electron chi connectivity index (χ4n) is 2.96. The molecule has 0 aromatic heterocycles. The molecule has 1 heterocycles. The first kappa shape index (κ1) is 8.77. The van der Waals surface area contributed by atoms with Gasteiger partial charge in [-0.05, 0) is 25.0 Å². The summed E-state index contributed by atoms with van der Waals surface area (Å²) in [5.74, 6) is 0.323. The first-order chi connectivity index (χ1) is 7.24. The molecule has 15 heavy (non-hydrogen) atoms. The number of fused-ring (bicyclic) bond motifs is 2. The predicted molar refractivity (Wildman–Crippen MR) is 56.9 cm³/mol. The zero-order valence-corrected chi connectivity index (χ0v) is 8.42. The van der Waals surface area contributed by atoms with E-state index in [2.05, 4.69) is 5.32 Å². The number of phenols is 1. The summed E-state index contributed by atoms with van der Waals surface area (Å²) in [5, 5.41) is 12.8. The van der Waals surface area contributed by atoms with E-state index in [0.29, 0.717) is 0 Å². The molecule has 0 bridgehead atoms. The SMILES string of the molecule is O=C1Nc2cccc(O)c2C12CCCC2. The molecule has 3 heteroatoms. The minimum absolute atomic E-state index is 0.0662. The summed E-state index contributed by atoms with van der Waals surface area (Å²) in [7, 11) is 0. The summed E-state index contributed by atoms with van der Waals surface area (Å²) < 4.78 is 0. The number of phenolic OH excluding ortho intramolecular Hbond substituents is 1. The van der Waals surface area contributed by atoms with Gasteiger partial charge in [-0.15, -0.1) is 0 Å². The molecule has 0 radical (unpaired) electrons. The first-order valence-electron chi connectivity index (χ1n) is 5.38. The molecule has 78 valence electrons. The number of carbonyl (C=O) groups is 1. The average molecular weight is 203 g/mol. The number of hydrogen-bond acceptors (Lipinski definition) is 2. The third-order valence-electron chi connectivity index (χ3n) is 3.66. The second-order valence-electron chi connectivity index (χ2n) is 4.44. The Morgan fingerprint density at radius 3 is 2.73 bits per heavy atom. The van der Waals surface area contributed by atoms with Crippen molar-refractivity contribution in [1.82, 2.24) is 0 Å². The van der Waals surface area contributed by atoms with E-state index in [0.717, 1.165) is 36.9 Å². The van der Waals surface area contributed by atoms with Gasteiger partial charge in [-0.1, -0.05) is 18.9 Å². The molecule has 1 amide bonds. The number of aromatic hydroxyl groups is 1. The molecule has 1 saturated carbocycles. The zero-order chi connectivity index (χ0) is 10.5. The van der Waals surface area contributed by atoms with E-state index < -0.39 is 5.41 Å². The molecule has 3 nitrogen and oxygen atoms in total. The fraction of sp³-hybridized carbons (Fsp3) is 0.417. The number of hydrogen-bond donors (Lipinski definition) is 2. The Labute approximate surface area is 88.1 Å². The van der Waals surface area contributed by atoms with Gasteiger partial charge in [0.1, 0.15) is 5.75 Å². The van der Waals surface area contributed by atoms with Gasteiger partial charge in [0.2, 0.25) is 5.91 Å². The van der Waals surface area contributed by atoms with Crippen LogP contribution in [0.3, 0.4) is 0 Å². The van der Waals surface area contributed by atoms with E-state index in [9.17, 15) is 9.90 Å². The first-order valence-corrected chi connectivity index (χ1v) is 5.38. The highest BCUT2D eigenvalue weighted by atomic mass is 16.3. The van der Waals surface area contributed by atoms with E-state index in [1.54, 1.807) is 12.1 Å². The lowest BCUT2D eigenvalue weighted by molar-refractivity contribution is -0.120. The van der Waals surface area contributed by atoms with Gasteiger partial charge in [0.15, 0.2) is 0 Å². The molecule has 1 aliphatic carbocycles. The summed E-state index contributed by atoms with van der Waals surface area (Å²) in [6.45, 7) is 0. The molecular weight excluding hydrogens is 190 g/mol. The Hall–Kier alpha value is -1.51. The van der Waals surface area contributed by atoms with Crippen LogP contribution in [0.25, 0.3) is 0 Å². The maximum absolute atomic E-state index is 12.0. The molecular formula is C12H13NO2. The third kappa shape index (κ3) is 0.978. The number of anilines is 1. The third-order valence-corrected chi connectivity index (χ3v) is 3.66. The molecule has 0 unspecified atom stereocenters. The van der Waals surface area contributed by atoms with Gasteiger partial charge in [0, 0.05) is 11.3 Å². The van der Waals surface area contributed by atoms with Crippen LogP contribution in [0.4, 0.5) is 5.69 Å². The lowest BCUT2D eigenvalue weighted by atomic mass is 9.79. The lowest BCUT2D eigenvalue weighted by Gasteiger charge is -2.21. The summed E-state index contributed by atoms with van der Waals surface area (Å²) in [6, 6.07) is 5.29. The summed E-state index contributed by atoms with van der Waals surface area (Å²) in [4.78, 5) is 12.0. The zero-order valence-electron chi connectivity index (χ0n) is 8.42. The molecule has 3 rings (SSSR count). The van der Waals surface area contributed by atoms with Gasteiger partial charge < -0.3 is 10.4 Å². The molecule has 1 aromatic rings. The number of carbonyl (C=O) groups excluding carboxylic acids is 1. The van der Waals surface area contributed by atoms with Crippen LogP contribution in [-0.2, 0) is 10.2 Å². The smallest absolute Gasteiger partial charge is 0.235 e. The normalized spacial score (nSPS) is 21.7. The van der Waals surface area contributed by atoms with Crippen molar-refractivity contribution in [3.63, 3.8) is 0 Å². The molecule has 2 aliphatic rings. The van der Waals surface area contributed by atoms with Crippen molar-refractivity contribution in [2.45, 2.75) is 31.1 Å². The van der Waals surface area contributed by atoms with Gasteiger partial charge in [0.25, 0.3) is 0 Å². The van der Waals surface area contributed by atoms with Crippen molar-refractivity contribution >= 4 is 11.6 Å². The van der Waals surface area contributed by atoms with E-state index in [1.165, 1.54) is 0 Å². The maximum Gasteiger partial charge on any atom is 0.235 e. The minimum Gasteiger partial charge on any atom is -0.508 e. The van der Waals surface area contributed by atoms with Crippen LogP contribution in [0.5, 0.6) is 5.75 Å². The molecule has 1 aliphatic heterocycles. The van der Waals surface area contributed by atoms with Crippen LogP contribution in [0.2, 0.25) is 0 Å². The van der Waals surface area contributed by atoms with E-state index in [-0.39, 0.29) is 11.7 Å². The monoisotopic (exact) mass is 203 g/mol. The Bertz CT molecular complexity index is 433. The van der Waals surface area contributed by atoms with Crippen molar-refractivity contribution < 1.29 is 9.90 Å². The Morgan fingerprint density at radius 1 is 1.27 bits per heavy atom. The molecule has 1 aromatic carbocycles. The van der Waals surface area contributed by atoms with Gasteiger partial charge in [0.05, 0.1) is 5.41 Å². The van der Waals surface area contributed by atoms with Gasteiger partial charge >= 0.3 is 0 Å². The number of benzene rings is 1. The summed E-state index contributed by atoms with van der Waals surface area (Å²) >= 11 is 0. The van der Waals surface area contributed by atoms with Crippen LogP contribution in [-0.4, -0.2) is 11.0 Å². The number of nitrogens with one attached hydrogen (secondary N) is 1. The molecule has 0 saturated heterocycles. The van der Waals surface area contributed by atoms with Crippen LogP contribution < -0.4 is 5.32 Å². The second kappa shape index (κ2) is 2.75. The Morgan fingerprint density at radius 2 is 2.00 bits per heavy atom. The standard InChI is InChI=1S/C12H13NO2/c14-9-5-3-4-8-10(9)12(11(15)13-8)6-1-2-7-12/h3-5,14H,1-2,6-7H2,(H,13,15). The highest BCUT2D eigenvalue weighted by Crippen LogP contribution is 2.51. The lowest BCUT2D eigenvalue weighted by Crippen LogP contribution is -2.31. The van der Waals surface area contributed by atoms with Crippen LogP contribution in [0.1, 0.15) is 31.2 Å². The van der Waals surface area contributed by atoms with Crippen LogP contribution in [0, 0.1) is 0 Å². The highest BCUT2D eigenvalue weighted by molar-refractivity contribution is 6.07. The molecule has 1 spiro atoms. The second-order valence-corrected chi connectivity index (χ2v) is 4.44. The highest BCUT2D eigenvalue weighted by Gasteiger charge is 2.49. The van der Waals surface area contributed by atoms with Crippen molar-refractivity contribution in [2.75, 3.05) is 5.32 Å². The molecule has 0 atom stereocenters. The van der Waals surface area contributed by atoms with Crippen molar-refractivity contribution in [2.24, 2.45) is 0 Å². The fourth-order valence-corrected chi connectivity index (χ4v) is 2.96. The Balaban J connectivity index is 2.24. The van der Waals surface area contributed by atoms with Crippen molar-refractivity contribution in [3.05, 3.63) is 23.8 Å². The summed E-state index contributed by atoms with van der Waals surface area (Å²) in [6.07, 6.45) is 3.87. The number of rotatable bonds is 0. The molecule has 1 fully saturated rings. The van der Waals surface area contributed by atoms with Gasteiger partial charge in [-0.3, -0.25) is 4.79 Å². The summed E-state index contributed by atoms with van der Waals surface area (Å²) in [5.41, 5.74) is 1.19. The van der Waals surface area contributed by atoms with E-state index >= 15 is 0 Å². The topological polar surface area (TPSA) is 49.3 Å².